The summed E-state index contributed by atoms with van der Waals surface area (Å²) in [5.41, 5.74) is 0. The lowest BCUT2D eigenvalue weighted by molar-refractivity contribution is -0.145. The number of rotatable bonds is 5. The van der Waals surface area contributed by atoms with Gasteiger partial charge in [-0.05, 0) is 32.2 Å². The fourth-order valence-corrected chi connectivity index (χ4v) is 2.38. The van der Waals surface area contributed by atoms with Crippen LogP contribution in [0.4, 0.5) is 0 Å². The molecule has 0 aromatic heterocycles. The van der Waals surface area contributed by atoms with Gasteiger partial charge in [0.05, 0.1) is 13.1 Å². The second-order valence-electron chi connectivity index (χ2n) is 5.65. The molecule has 110 valence electrons. The van der Waals surface area contributed by atoms with Crippen molar-refractivity contribution < 1.29 is 18.9 Å². The van der Waals surface area contributed by atoms with Crippen LogP contribution in [0, 0.1) is 5.92 Å². The maximum absolute atomic E-state index is 11.8. The number of nitrogens with zero attached hydrogens (tertiary/aromatic N) is 1. The molecule has 1 unspecified atom stereocenters. The first-order chi connectivity index (χ1) is 9.60. The molecule has 1 aliphatic heterocycles. The largest absolute Gasteiger partial charge is 0.606 e. The third kappa shape index (κ3) is 4.37. The van der Waals surface area contributed by atoms with E-state index in [0.29, 0.717) is 5.92 Å². The van der Waals surface area contributed by atoms with Crippen molar-refractivity contribution in [1.82, 2.24) is 4.90 Å². The summed E-state index contributed by atoms with van der Waals surface area (Å²) in [5.74, 6) is -0.206. The first-order valence-electron chi connectivity index (χ1n) is 7.34. The molecule has 0 aromatic carbocycles. The summed E-state index contributed by atoms with van der Waals surface area (Å²) in [4.78, 5) is 25.1. The lowest BCUT2D eigenvalue weighted by Gasteiger charge is -2.25. The van der Waals surface area contributed by atoms with Crippen LogP contribution in [-0.2, 0) is 18.9 Å². The second kappa shape index (κ2) is 6.93. The summed E-state index contributed by atoms with van der Waals surface area (Å²) in [5, 5.41) is 0. The van der Waals surface area contributed by atoms with E-state index in [9.17, 15) is 9.59 Å². The molecule has 0 aromatic rings. The van der Waals surface area contributed by atoms with Gasteiger partial charge in [0.2, 0.25) is 0 Å². The summed E-state index contributed by atoms with van der Waals surface area (Å²) in [6.45, 7) is 2.37. The molecule has 5 nitrogen and oxygen atoms in total. The Kier molecular flexibility index (Phi) is 5.23. The van der Waals surface area contributed by atoms with Crippen LogP contribution in [-0.4, -0.2) is 44.1 Å². The molecule has 2 fully saturated rings. The molecule has 2 aliphatic rings. The molecule has 1 saturated carbocycles. The van der Waals surface area contributed by atoms with E-state index < -0.39 is 7.12 Å². The van der Waals surface area contributed by atoms with Gasteiger partial charge in [-0.25, -0.2) is 0 Å². The first kappa shape index (κ1) is 15.1. The Bertz CT molecular complexity index is 375. The Hall–Kier alpha value is -1.30. The fourth-order valence-electron chi connectivity index (χ4n) is 2.38. The molecule has 1 saturated heterocycles. The highest BCUT2D eigenvalue weighted by Gasteiger charge is 2.45. The summed E-state index contributed by atoms with van der Waals surface area (Å²) in [7, 11) is 0.937. The van der Waals surface area contributed by atoms with Crippen LogP contribution >= 0.6 is 0 Å². The predicted molar refractivity (Wildman–Crippen MR) is 76.0 cm³/mol. The molecule has 0 radical (unpaired) electrons. The molecule has 0 spiro atoms. The molecule has 0 amide bonds. The van der Waals surface area contributed by atoms with Crippen LogP contribution in [0.1, 0.15) is 32.6 Å². The molecular weight excluding hydrogens is 257 g/mol. The van der Waals surface area contributed by atoms with Gasteiger partial charge in [-0.15, -0.1) is 0 Å². The Morgan fingerprint density at radius 1 is 1.30 bits per heavy atom. The average Bonchev–Trinajstić information content (AvgIpc) is 3.16. The molecular formula is C14H22BNO4. The van der Waals surface area contributed by atoms with Crippen LogP contribution in [0.2, 0.25) is 5.82 Å². The van der Waals surface area contributed by atoms with Crippen LogP contribution in [0.15, 0.2) is 12.2 Å². The van der Waals surface area contributed by atoms with Gasteiger partial charge in [-0.1, -0.05) is 25.5 Å². The van der Waals surface area contributed by atoms with Crippen LogP contribution < -0.4 is 0 Å². The van der Waals surface area contributed by atoms with Crippen molar-refractivity contribution in [1.29, 1.82) is 0 Å². The quantitative estimate of drug-likeness (QED) is 0.565. The van der Waals surface area contributed by atoms with E-state index >= 15 is 0 Å². The van der Waals surface area contributed by atoms with Crippen LogP contribution in [0.3, 0.4) is 0 Å². The fraction of sp³-hybridized carbons (Fsp3) is 0.714. The van der Waals surface area contributed by atoms with Crippen molar-refractivity contribution in [3.8, 4) is 0 Å². The molecule has 1 heterocycles. The third-order valence-electron chi connectivity index (χ3n) is 3.59. The Labute approximate surface area is 120 Å². The number of allylic oxidation sites excluding steroid dienone is 2. The van der Waals surface area contributed by atoms with Crippen LogP contribution in [0.25, 0.3) is 0 Å². The van der Waals surface area contributed by atoms with Gasteiger partial charge in [0.25, 0.3) is 0 Å². The highest BCUT2D eigenvalue weighted by molar-refractivity contribution is 6.51. The molecule has 0 bridgehead atoms. The smallest absolute Gasteiger partial charge is 0.498 e. The standard InChI is InChI=1S/C14H22BNO4/c1-3-4-5-6-12(11-7-8-11)15-19-13(17)9-16(2)10-14(18)20-15/h5-6,11-12H,3-4,7-10H2,1-2H3. The molecule has 1 atom stereocenters. The van der Waals surface area contributed by atoms with Crippen molar-refractivity contribution in [3.63, 3.8) is 0 Å². The lowest BCUT2D eigenvalue weighted by Crippen LogP contribution is -2.44. The zero-order chi connectivity index (χ0) is 14.5. The molecule has 6 heteroatoms. The number of carbonyl (C=O) groups is 2. The van der Waals surface area contributed by atoms with E-state index in [-0.39, 0.29) is 30.8 Å². The lowest BCUT2D eigenvalue weighted by atomic mass is 9.68. The summed E-state index contributed by atoms with van der Waals surface area (Å²) >= 11 is 0. The number of hydrogen-bond acceptors (Lipinski definition) is 5. The van der Waals surface area contributed by atoms with Crippen molar-refractivity contribution in [2.45, 2.75) is 38.4 Å². The monoisotopic (exact) mass is 279 g/mol. The number of unbranched alkanes of at least 4 members (excludes halogenated alkanes) is 1. The van der Waals surface area contributed by atoms with Crippen molar-refractivity contribution >= 4 is 19.1 Å². The van der Waals surface area contributed by atoms with Gasteiger partial charge in [-0.3, -0.25) is 14.5 Å². The Morgan fingerprint density at radius 3 is 2.40 bits per heavy atom. The van der Waals surface area contributed by atoms with Gasteiger partial charge in [0.1, 0.15) is 0 Å². The van der Waals surface area contributed by atoms with Gasteiger partial charge in [-0.2, -0.15) is 0 Å². The number of likely N-dealkylation sites (N-methyl/N-ethyl adjacent to an activating group) is 1. The highest BCUT2D eigenvalue weighted by atomic mass is 16.6. The zero-order valence-electron chi connectivity index (χ0n) is 12.2. The van der Waals surface area contributed by atoms with Crippen molar-refractivity contribution in [3.05, 3.63) is 12.2 Å². The Balaban J connectivity index is 2.05. The van der Waals surface area contributed by atoms with Gasteiger partial charge < -0.3 is 9.31 Å². The zero-order valence-corrected chi connectivity index (χ0v) is 12.2. The maximum Gasteiger partial charge on any atom is 0.606 e. The van der Waals surface area contributed by atoms with Crippen LogP contribution in [0.5, 0.6) is 0 Å². The van der Waals surface area contributed by atoms with Gasteiger partial charge >= 0.3 is 19.1 Å². The number of carbonyl (C=O) groups excluding carboxylic acids is 2. The molecule has 0 N–H and O–H groups in total. The van der Waals surface area contributed by atoms with E-state index in [1.807, 2.05) is 0 Å². The van der Waals surface area contributed by atoms with E-state index in [2.05, 4.69) is 19.1 Å². The summed E-state index contributed by atoms with van der Waals surface area (Å²) in [6, 6.07) is 0. The molecule has 2 rings (SSSR count). The summed E-state index contributed by atoms with van der Waals surface area (Å²) in [6.07, 6.45) is 8.41. The van der Waals surface area contributed by atoms with E-state index in [1.165, 1.54) is 0 Å². The molecule has 20 heavy (non-hydrogen) atoms. The van der Waals surface area contributed by atoms with E-state index in [0.717, 1.165) is 25.7 Å². The minimum Gasteiger partial charge on any atom is -0.498 e. The topological polar surface area (TPSA) is 55.8 Å². The number of hydrogen-bond donors (Lipinski definition) is 0. The summed E-state index contributed by atoms with van der Waals surface area (Å²) < 4.78 is 10.7. The van der Waals surface area contributed by atoms with Gasteiger partial charge in [0, 0.05) is 5.82 Å². The first-order valence-corrected chi connectivity index (χ1v) is 7.34. The molecule has 1 aliphatic carbocycles. The third-order valence-corrected chi connectivity index (χ3v) is 3.59. The van der Waals surface area contributed by atoms with Crippen molar-refractivity contribution in [2.75, 3.05) is 20.1 Å². The normalized spacial score (nSPS) is 23.2. The maximum atomic E-state index is 11.8. The highest BCUT2D eigenvalue weighted by Crippen LogP contribution is 2.43. The minimum absolute atomic E-state index is 0.00199. The van der Waals surface area contributed by atoms with E-state index in [4.69, 9.17) is 9.31 Å². The van der Waals surface area contributed by atoms with Gasteiger partial charge in [0.15, 0.2) is 0 Å². The SMILES string of the molecule is CCCC=CC(B1OC(=O)CN(C)CC(=O)O1)C1CC1. The van der Waals surface area contributed by atoms with Crippen molar-refractivity contribution in [2.24, 2.45) is 5.92 Å². The minimum atomic E-state index is -0.760. The predicted octanol–water partition coefficient (Wildman–Crippen LogP) is 1.64. The second-order valence-corrected chi connectivity index (χ2v) is 5.65. The van der Waals surface area contributed by atoms with E-state index in [1.54, 1.807) is 11.9 Å². The Morgan fingerprint density at radius 2 is 1.90 bits per heavy atom. The average molecular weight is 279 g/mol.